The van der Waals surface area contributed by atoms with E-state index >= 15 is 0 Å². The Bertz CT molecular complexity index is 1860. The quantitative estimate of drug-likeness (QED) is 0.121. The minimum atomic E-state index is -1.05. The zero-order valence-electron chi connectivity index (χ0n) is 28.2. The predicted octanol–water partition coefficient (Wildman–Crippen LogP) is 9.67. The molecule has 2 aromatic heterocycles. The Hall–Kier alpha value is -4.83. The van der Waals surface area contributed by atoms with Crippen molar-refractivity contribution in [2.24, 2.45) is 0 Å². The minimum Gasteiger partial charge on any atom is -0.456 e. The number of aryl methyl sites for hydroxylation is 2. The van der Waals surface area contributed by atoms with E-state index in [0.29, 0.717) is 23.6 Å². The fraction of sp³-hybridized carbons (Fsp3) is 0.190. The van der Waals surface area contributed by atoms with Gasteiger partial charge in [-0.25, -0.2) is 0 Å². The van der Waals surface area contributed by atoms with Gasteiger partial charge in [0, 0.05) is 20.5 Å². The van der Waals surface area contributed by atoms with E-state index in [1.165, 1.54) is 0 Å². The van der Waals surface area contributed by atoms with Crippen molar-refractivity contribution >= 4 is 20.5 Å². The largest absolute Gasteiger partial charge is 0.456 e. The lowest BCUT2D eigenvalue weighted by Crippen LogP contribution is -2.44. The van der Waals surface area contributed by atoms with Crippen molar-refractivity contribution in [2.45, 2.75) is 51.0 Å². The second-order valence-electron chi connectivity index (χ2n) is 12.2. The molecule has 0 aliphatic heterocycles. The summed E-state index contributed by atoms with van der Waals surface area (Å²) in [4.78, 5) is 10.1. The van der Waals surface area contributed by atoms with Crippen molar-refractivity contribution in [2.75, 3.05) is 0 Å². The summed E-state index contributed by atoms with van der Waals surface area (Å²) in [7, 11) is 8.00. The van der Waals surface area contributed by atoms with Crippen LogP contribution in [0.1, 0.15) is 44.8 Å². The van der Waals surface area contributed by atoms with E-state index in [0.717, 1.165) is 56.3 Å². The highest BCUT2D eigenvalue weighted by Crippen LogP contribution is 2.49. The van der Waals surface area contributed by atoms with Gasteiger partial charge in [-0.05, 0) is 122 Å². The van der Waals surface area contributed by atoms with Crippen LogP contribution in [-0.2, 0) is 15.9 Å². The molecule has 2 heterocycles. The Labute approximate surface area is 296 Å². The molecule has 0 fully saturated rings. The number of pyridine rings is 2. The molecule has 0 aliphatic carbocycles. The van der Waals surface area contributed by atoms with E-state index in [9.17, 15) is 0 Å². The molecule has 242 valence electrons. The Morgan fingerprint density at radius 1 is 0.469 bits per heavy atom. The van der Waals surface area contributed by atoms with Crippen LogP contribution in [0, 0.1) is 27.7 Å². The molecule has 5 nitrogen and oxygen atoms in total. The van der Waals surface area contributed by atoms with Crippen molar-refractivity contribution in [3.63, 3.8) is 0 Å². The van der Waals surface area contributed by atoms with Gasteiger partial charge in [0.05, 0.1) is 23.8 Å². The standard InChI is InChI=1S/C42H38N2O3Si2/c1-29-13-11-19-37(31(29)3)41(27-48,39-23-21-35(25-43-39)45-33-15-7-5-8-16-33)47-42(28-49,38-20-12-14-30(2)32(38)4)40-24-22-36(26-44-40)46-34-17-9-6-10-18-34/h5-26H,27-28H2,1-4H3. The van der Waals surface area contributed by atoms with Crippen LogP contribution in [0.5, 0.6) is 23.0 Å². The van der Waals surface area contributed by atoms with E-state index in [-0.39, 0.29) is 0 Å². The fourth-order valence-corrected chi connectivity index (χ4v) is 7.10. The van der Waals surface area contributed by atoms with Crippen LogP contribution >= 0.6 is 0 Å². The molecule has 4 aromatic carbocycles. The highest BCUT2D eigenvalue weighted by atomic mass is 28.1. The summed E-state index contributed by atoms with van der Waals surface area (Å²) >= 11 is 0. The van der Waals surface area contributed by atoms with Crippen LogP contribution in [0.25, 0.3) is 0 Å². The second-order valence-corrected chi connectivity index (χ2v) is 12.9. The van der Waals surface area contributed by atoms with Gasteiger partial charge in [-0.2, -0.15) is 0 Å². The first kappa shape index (κ1) is 34.1. The van der Waals surface area contributed by atoms with Crippen LogP contribution in [0.15, 0.2) is 134 Å². The molecule has 7 heteroatoms. The molecule has 0 saturated carbocycles. The molecule has 0 aliphatic rings. The lowest BCUT2D eigenvalue weighted by atomic mass is 9.82. The van der Waals surface area contributed by atoms with Crippen LogP contribution in [0.4, 0.5) is 0 Å². The second kappa shape index (κ2) is 14.7. The number of aromatic nitrogens is 2. The monoisotopic (exact) mass is 674 g/mol. The number of hydrogen-bond acceptors (Lipinski definition) is 5. The molecular formula is C42H38N2O3Si2. The first-order valence-electron chi connectivity index (χ1n) is 16.3. The van der Waals surface area contributed by atoms with Crippen molar-refractivity contribution in [3.05, 3.63) is 178 Å². The molecule has 2 atom stereocenters. The summed E-state index contributed by atoms with van der Waals surface area (Å²) in [5, 5.41) is 0. The van der Waals surface area contributed by atoms with Crippen molar-refractivity contribution in [3.8, 4) is 23.0 Å². The maximum absolute atomic E-state index is 7.75. The predicted molar refractivity (Wildman–Crippen MR) is 197 cm³/mol. The lowest BCUT2D eigenvalue weighted by Gasteiger charge is -2.45. The molecule has 6 aromatic rings. The Balaban J connectivity index is 1.52. The number of para-hydroxylation sites is 2. The number of rotatable bonds is 12. The molecule has 6 rings (SSSR count). The van der Waals surface area contributed by atoms with E-state index in [2.05, 4.69) is 84.6 Å². The Morgan fingerprint density at radius 3 is 1.22 bits per heavy atom. The van der Waals surface area contributed by atoms with Gasteiger partial charge >= 0.3 is 0 Å². The molecular weight excluding hydrogens is 637 g/mol. The maximum atomic E-state index is 7.75. The van der Waals surface area contributed by atoms with E-state index in [4.69, 9.17) is 24.2 Å². The smallest absolute Gasteiger partial charge is 0.145 e. The summed E-state index contributed by atoms with van der Waals surface area (Å²) < 4.78 is 20.0. The molecule has 0 saturated heterocycles. The Morgan fingerprint density at radius 2 is 0.878 bits per heavy atom. The van der Waals surface area contributed by atoms with Crippen LogP contribution < -0.4 is 9.47 Å². The summed E-state index contributed by atoms with van der Waals surface area (Å²) in [5.41, 5.74) is 5.93. The molecule has 49 heavy (non-hydrogen) atoms. The van der Waals surface area contributed by atoms with E-state index in [1.807, 2.05) is 84.9 Å². The van der Waals surface area contributed by atoms with Crippen molar-refractivity contribution in [1.29, 1.82) is 0 Å². The van der Waals surface area contributed by atoms with Gasteiger partial charge in [0.15, 0.2) is 0 Å². The highest BCUT2D eigenvalue weighted by molar-refractivity contribution is 6.10. The van der Waals surface area contributed by atoms with Crippen LogP contribution in [0.3, 0.4) is 0 Å². The van der Waals surface area contributed by atoms with Gasteiger partial charge in [-0.3, -0.25) is 9.97 Å². The van der Waals surface area contributed by atoms with Crippen LogP contribution in [0.2, 0.25) is 12.1 Å². The van der Waals surface area contributed by atoms with Crippen molar-refractivity contribution in [1.82, 2.24) is 9.97 Å². The highest BCUT2D eigenvalue weighted by Gasteiger charge is 2.48. The van der Waals surface area contributed by atoms with E-state index in [1.54, 1.807) is 12.4 Å². The topological polar surface area (TPSA) is 53.5 Å². The maximum Gasteiger partial charge on any atom is 0.145 e. The number of benzene rings is 4. The van der Waals surface area contributed by atoms with Crippen molar-refractivity contribution < 1.29 is 14.2 Å². The number of ether oxygens (including phenoxy) is 3. The van der Waals surface area contributed by atoms with Gasteiger partial charge in [-0.15, -0.1) is 0 Å². The minimum absolute atomic E-state index is 0.414. The molecule has 6 radical (unpaired) electrons. The average molecular weight is 675 g/mol. The lowest BCUT2D eigenvalue weighted by molar-refractivity contribution is -0.110. The van der Waals surface area contributed by atoms with Gasteiger partial charge in [0.2, 0.25) is 0 Å². The number of nitrogens with zero attached hydrogens (tertiary/aromatic N) is 2. The zero-order chi connectivity index (χ0) is 34.4. The molecule has 0 spiro atoms. The molecule has 0 amide bonds. The molecule has 0 bridgehead atoms. The third-order valence-electron chi connectivity index (χ3n) is 9.18. The van der Waals surface area contributed by atoms with Gasteiger partial charge in [0.25, 0.3) is 0 Å². The first-order valence-corrected chi connectivity index (χ1v) is 17.7. The average Bonchev–Trinajstić information content (AvgIpc) is 3.14. The van der Waals surface area contributed by atoms with Gasteiger partial charge in [-0.1, -0.05) is 72.8 Å². The molecule has 0 N–H and O–H groups in total. The fourth-order valence-electron chi connectivity index (χ4n) is 6.22. The number of hydrogen-bond donors (Lipinski definition) is 0. The molecule has 2 unspecified atom stereocenters. The zero-order valence-corrected chi connectivity index (χ0v) is 30.2. The van der Waals surface area contributed by atoms with Crippen LogP contribution in [-0.4, -0.2) is 30.5 Å². The Kier molecular flexibility index (Phi) is 10.2. The van der Waals surface area contributed by atoms with E-state index < -0.39 is 11.2 Å². The summed E-state index contributed by atoms with van der Waals surface area (Å²) in [6.45, 7) is 8.52. The van der Waals surface area contributed by atoms with Gasteiger partial charge in [0.1, 0.15) is 34.2 Å². The third kappa shape index (κ3) is 6.88. The first-order chi connectivity index (χ1) is 23.8. The SMILES string of the molecule is Cc1cccc(C(C[Si])(OC(C[Si])(c2ccc(Oc3ccccc3)cn2)c2cccc(C)c2C)c2ccc(Oc3ccccc3)cn2)c1C. The third-order valence-corrected chi connectivity index (χ3v) is 10.2. The summed E-state index contributed by atoms with van der Waals surface area (Å²) in [5.74, 6) is 2.76. The normalized spacial score (nSPS) is 13.7. The summed E-state index contributed by atoms with van der Waals surface area (Å²) in [6, 6.07) is 40.8. The van der Waals surface area contributed by atoms with Gasteiger partial charge < -0.3 is 14.2 Å². The summed E-state index contributed by atoms with van der Waals surface area (Å²) in [6.07, 6.45) is 3.52.